The van der Waals surface area contributed by atoms with E-state index in [1.165, 1.54) is 44.6 Å². The van der Waals surface area contributed by atoms with Crippen molar-refractivity contribution in [1.82, 2.24) is 0 Å². The molecule has 0 N–H and O–H groups in total. The second-order valence-corrected chi connectivity index (χ2v) is 6.63. The van der Waals surface area contributed by atoms with Crippen molar-refractivity contribution in [3.8, 4) is 0 Å². The second kappa shape index (κ2) is 9.14. The van der Waals surface area contributed by atoms with Gasteiger partial charge in [0.15, 0.2) is 0 Å². The molecule has 0 fully saturated rings. The fourth-order valence-electron chi connectivity index (χ4n) is 2.40. The van der Waals surface area contributed by atoms with Crippen molar-refractivity contribution in [2.24, 2.45) is 0 Å². The highest BCUT2D eigenvalue weighted by Gasteiger charge is 2.07. The molecule has 1 aromatic carbocycles. The first-order chi connectivity index (χ1) is 9.55. The van der Waals surface area contributed by atoms with Gasteiger partial charge in [-0.1, -0.05) is 70.1 Å². The number of benzene rings is 1. The van der Waals surface area contributed by atoms with Crippen molar-refractivity contribution in [3.63, 3.8) is 0 Å². The second-order valence-electron chi connectivity index (χ2n) is 5.29. The van der Waals surface area contributed by atoms with Crippen LogP contribution in [-0.4, -0.2) is 13.0 Å². The first-order valence-electron chi connectivity index (χ1n) is 7.59. The van der Waals surface area contributed by atoms with Gasteiger partial charge in [-0.25, -0.2) is 8.42 Å². The molecule has 0 heterocycles. The van der Waals surface area contributed by atoms with Crippen molar-refractivity contribution in [1.29, 1.82) is 0 Å². The highest BCUT2D eigenvalue weighted by Crippen LogP contribution is 2.18. The Bertz CT molecular complexity index is 480. The van der Waals surface area contributed by atoms with E-state index in [1.807, 2.05) is 0 Å². The molecule has 20 heavy (non-hydrogen) atoms. The van der Waals surface area contributed by atoms with E-state index in [-0.39, 0.29) is 4.90 Å². The van der Waals surface area contributed by atoms with Crippen LogP contribution in [0.4, 0.5) is 0 Å². The van der Waals surface area contributed by atoms with Gasteiger partial charge in [0, 0.05) is 0 Å². The Kier molecular flexibility index (Phi) is 7.85. The summed E-state index contributed by atoms with van der Waals surface area (Å²) in [6, 6.07) is 6.53. The summed E-state index contributed by atoms with van der Waals surface area (Å²) in [4.78, 5) is -0.0528. The molecule has 0 bridgehead atoms. The summed E-state index contributed by atoms with van der Waals surface area (Å²) in [5.41, 5.74) is 0.661. The molecule has 0 amide bonds. The molecule has 0 aromatic heterocycles. The van der Waals surface area contributed by atoms with Gasteiger partial charge in [-0.2, -0.15) is 0 Å². The smallest absolute Gasteiger partial charge is 0.124 e. The van der Waals surface area contributed by atoms with E-state index in [9.17, 15) is 13.0 Å². The molecule has 0 spiro atoms. The minimum atomic E-state index is -4.34. The quantitative estimate of drug-likeness (QED) is 0.478. The summed E-state index contributed by atoms with van der Waals surface area (Å²) in [6.45, 7) is 2.21. The predicted molar refractivity (Wildman–Crippen MR) is 80.7 cm³/mol. The van der Waals surface area contributed by atoms with Crippen LogP contribution in [0.2, 0.25) is 0 Å². The monoisotopic (exact) mass is 297 g/mol. The number of aryl methyl sites for hydroxylation is 1. The molecule has 1 rings (SSSR count). The van der Waals surface area contributed by atoms with Crippen molar-refractivity contribution in [2.45, 2.75) is 69.6 Å². The highest BCUT2D eigenvalue weighted by atomic mass is 32.2. The van der Waals surface area contributed by atoms with Gasteiger partial charge in [0.1, 0.15) is 10.1 Å². The molecule has 0 saturated heterocycles. The van der Waals surface area contributed by atoms with Crippen LogP contribution in [0.1, 0.15) is 63.9 Å². The average molecular weight is 297 g/mol. The van der Waals surface area contributed by atoms with Crippen LogP contribution in [0.3, 0.4) is 0 Å². The first-order valence-corrected chi connectivity index (χ1v) is 9.00. The summed E-state index contributed by atoms with van der Waals surface area (Å²) >= 11 is 0. The van der Waals surface area contributed by atoms with Crippen LogP contribution in [-0.2, 0) is 16.5 Å². The molecule has 3 nitrogen and oxygen atoms in total. The molecule has 0 radical (unpaired) electrons. The van der Waals surface area contributed by atoms with Crippen molar-refractivity contribution in [3.05, 3.63) is 29.8 Å². The minimum absolute atomic E-state index is 0.0528. The fraction of sp³-hybridized carbons (Fsp3) is 0.625. The molecule has 0 aliphatic carbocycles. The van der Waals surface area contributed by atoms with Gasteiger partial charge in [0.2, 0.25) is 0 Å². The third-order valence-electron chi connectivity index (χ3n) is 3.54. The molecule has 0 aliphatic heterocycles. The van der Waals surface area contributed by atoms with Gasteiger partial charge >= 0.3 is 0 Å². The van der Waals surface area contributed by atoms with Gasteiger partial charge < -0.3 is 4.55 Å². The summed E-state index contributed by atoms with van der Waals surface area (Å²) in [7, 11) is -4.34. The maximum Gasteiger partial charge on any atom is 0.124 e. The third kappa shape index (κ3) is 6.53. The van der Waals surface area contributed by atoms with E-state index in [0.717, 1.165) is 12.8 Å². The van der Waals surface area contributed by atoms with Gasteiger partial charge in [-0.05, 0) is 24.5 Å². The summed E-state index contributed by atoms with van der Waals surface area (Å²) < 4.78 is 33.4. The Morgan fingerprint density at radius 2 is 1.45 bits per heavy atom. The molecular weight excluding hydrogens is 272 g/mol. The van der Waals surface area contributed by atoms with Gasteiger partial charge in [0.25, 0.3) is 0 Å². The topological polar surface area (TPSA) is 57.2 Å². The maximum absolute atomic E-state index is 11.1. The predicted octanol–water partition coefficient (Wildman–Crippen LogP) is 4.27. The van der Waals surface area contributed by atoms with Gasteiger partial charge in [-0.3, -0.25) is 0 Å². The number of hydrogen-bond donors (Lipinski definition) is 0. The molecular formula is C16H25O3S-. The van der Waals surface area contributed by atoms with Crippen LogP contribution in [0.15, 0.2) is 29.2 Å². The van der Waals surface area contributed by atoms with E-state index in [0.29, 0.717) is 12.0 Å². The molecule has 0 saturated carbocycles. The fourth-order valence-corrected chi connectivity index (χ4v) is 3.14. The summed E-state index contributed by atoms with van der Waals surface area (Å²) in [5, 5.41) is 0. The van der Waals surface area contributed by atoms with Crippen molar-refractivity contribution < 1.29 is 13.0 Å². The summed E-state index contributed by atoms with van der Waals surface area (Å²) in [6.07, 6.45) is 10.3. The minimum Gasteiger partial charge on any atom is -0.744 e. The zero-order valence-electron chi connectivity index (χ0n) is 12.3. The average Bonchev–Trinajstić information content (AvgIpc) is 2.41. The van der Waals surface area contributed by atoms with E-state index in [4.69, 9.17) is 0 Å². The molecule has 0 aliphatic rings. The first kappa shape index (κ1) is 17.2. The number of rotatable bonds is 10. The van der Waals surface area contributed by atoms with Gasteiger partial charge in [-0.15, -0.1) is 0 Å². The molecule has 0 atom stereocenters. The lowest BCUT2D eigenvalue weighted by molar-refractivity contribution is 0.461. The van der Waals surface area contributed by atoms with E-state index < -0.39 is 10.1 Å². The summed E-state index contributed by atoms with van der Waals surface area (Å²) in [5.74, 6) is 0. The lowest BCUT2D eigenvalue weighted by Gasteiger charge is -2.12. The number of unbranched alkanes of at least 4 members (excludes halogenated alkanes) is 7. The Morgan fingerprint density at radius 1 is 0.900 bits per heavy atom. The Labute approximate surface area is 123 Å². The lowest BCUT2D eigenvalue weighted by atomic mass is 10.0. The maximum atomic E-state index is 11.1. The Balaban J connectivity index is 2.29. The lowest BCUT2D eigenvalue weighted by Crippen LogP contribution is -2.03. The molecule has 114 valence electrons. The Hall–Kier alpha value is -0.870. The largest absolute Gasteiger partial charge is 0.744 e. The normalized spacial score (nSPS) is 11.7. The van der Waals surface area contributed by atoms with Crippen LogP contribution in [0, 0.1) is 0 Å². The zero-order chi connectivity index (χ0) is 14.8. The van der Waals surface area contributed by atoms with E-state index in [1.54, 1.807) is 18.2 Å². The molecule has 4 heteroatoms. The third-order valence-corrected chi connectivity index (χ3v) is 4.48. The Morgan fingerprint density at radius 3 is 2.05 bits per heavy atom. The molecule has 0 unspecified atom stereocenters. The van der Waals surface area contributed by atoms with Crippen LogP contribution < -0.4 is 0 Å². The number of hydrogen-bond acceptors (Lipinski definition) is 3. The van der Waals surface area contributed by atoms with Crippen molar-refractivity contribution >= 4 is 10.1 Å². The van der Waals surface area contributed by atoms with Crippen LogP contribution in [0.25, 0.3) is 0 Å². The van der Waals surface area contributed by atoms with E-state index >= 15 is 0 Å². The zero-order valence-corrected chi connectivity index (χ0v) is 13.1. The molecule has 1 aromatic rings. The van der Waals surface area contributed by atoms with Crippen LogP contribution in [0.5, 0.6) is 0 Å². The van der Waals surface area contributed by atoms with Crippen LogP contribution >= 0.6 is 0 Å². The SMILES string of the molecule is CCCCCCCCCCc1ccccc1S(=O)(=O)[O-]. The van der Waals surface area contributed by atoms with Crippen molar-refractivity contribution in [2.75, 3.05) is 0 Å². The van der Waals surface area contributed by atoms with Gasteiger partial charge in [0.05, 0.1) is 4.90 Å². The van der Waals surface area contributed by atoms with E-state index in [2.05, 4.69) is 6.92 Å². The highest BCUT2D eigenvalue weighted by molar-refractivity contribution is 7.85. The standard InChI is InChI=1S/C16H26O3S/c1-2-3-4-5-6-7-8-9-12-15-13-10-11-14-16(15)20(17,18)19/h10-11,13-14H,2-9,12H2,1H3,(H,17,18,19)/p-1.